The van der Waals surface area contributed by atoms with Gasteiger partial charge in [0.05, 0.1) is 12.2 Å². The first kappa shape index (κ1) is 17.4. The van der Waals surface area contributed by atoms with Crippen molar-refractivity contribution in [3.63, 3.8) is 0 Å². The SMILES string of the molecule is OC1CSCCCSCC(O)CSCCCSC1. The monoisotopic (exact) mass is 328 g/mol. The lowest BCUT2D eigenvalue weighted by Crippen LogP contribution is -2.15. The maximum Gasteiger partial charge on any atom is 0.0720 e. The number of aliphatic hydroxyl groups is 2. The van der Waals surface area contributed by atoms with Crippen molar-refractivity contribution in [2.24, 2.45) is 0 Å². The molecule has 0 spiro atoms. The highest BCUT2D eigenvalue weighted by atomic mass is 32.2. The molecule has 0 aromatic rings. The summed E-state index contributed by atoms with van der Waals surface area (Å²) in [6.45, 7) is 0. The molecule has 18 heavy (non-hydrogen) atoms. The molecule has 0 bridgehead atoms. The van der Waals surface area contributed by atoms with Gasteiger partial charge in [0.1, 0.15) is 0 Å². The molecule has 0 saturated carbocycles. The number of rotatable bonds is 0. The normalized spacial score (nSPS) is 31.0. The second kappa shape index (κ2) is 12.1. The number of hydrogen-bond acceptors (Lipinski definition) is 6. The molecule has 108 valence electrons. The molecular formula is C12H24O2S4. The van der Waals surface area contributed by atoms with Gasteiger partial charge in [0.25, 0.3) is 0 Å². The molecule has 0 unspecified atom stereocenters. The molecule has 2 N–H and O–H groups in total. The highest BCUT2D eigenvalue weighted by Gasteiger charge is 2.07. The van der Waals surface area contributed by atoms with Crippen molar-refractivity contribution in [2.45, 2.75) is 25.0 Å². The summed E-state index contributed by atoms with van der Waals surface area (Å²) in [5, 5.41) is 19.5. The number of aliphatic hydroxyl groups excluding tert-OH is 2. The molecule has 1 heterocycles. The van der Waals surface area contributed by atoms with Crippen LogP contribution in [0.4, 0.5) is 0 Å². The van der Waals surface area contributed by atoms with Gasteiger partial charge in [0.2, 0.25) is 0 Å². The maximum atomic E-state index is 9.77. The van der Waals surface area contributed by atoms with Crippen LogP contribution in [0.5, 0.6) is 0 Å². The zero-order chi connectivity index (χ0) is 13.1. The second-order valence-corrected chi connectivity index (χ2v) is 8.91. The molecular weight excluding hydrogens is 304 g/mol. The molecule has 1 fully saturated rings. The van der Waals surface area contributed by atoms with Crippen molar-refractivity contribution in [3.8, 4) is 0 Å². The highest BCUT2D eigenvalue weighted by Crippen LogP contribution is 2.16. The Morgan fingerprint density at radius 3 is 1.11 bits per heavy atom. The Kier molecular flexibility index (Phi) is 11.7. The molecule has 1 rings (SSSR count). The maximum absolute atomic E-state index is 9.77. The lowest BCUT2D eigenvalue weighted by molar-refractivity contribution is 0.225. The largest absolute Gasteiger partial charge is 0.391 e. The van der Waals surface area contributed by atoms with E-state index in [0.717, 1.165) is 46.0 Å². The van der Waals surface area contributed by atoms with E-state index in [1.807, 2.05) is 47.0 Å². The van der Waals surface area contributed by atoms with Crippen LogP contribution in [0.3, 0.4) is 0 Å². The summed E-state index contributed by atoms with van der Waals surface area (Å²) in [5.41, 5.74) is 0. The number of thioether (sulfide) groups is 4. The van der Waals surface area contributed by atoms with E-state index >= 15 is 0 Å². The van der Waals surface area contributed by atoms with Gasteiger partial charge in [-0.3, -0.25) is 0 Å². The van der Waals surface area contributed by atoms with Crippen molar-refractivity contribution in [3.05, 3.63) is 0 Å². The summed E-state index contributed by atoms with van der Waals surface area (Å²) in [4.78, 5) is 0. The lowest BCUT2D eigenvalue weighted by atomic mass is 10.5. The van der Waals surface area contributed by atoms with Crippen LogP contribution in [0, 0.1) is 0 Å². The van der Waals surface area contributed by atoms with Gasteiger partial charge in [-0.2, -0.15) is 47.0 Å². The first-order valence-corrected chi connectivity index (χ1v) is 11.1. The Balaban J connectivity index is 2.17. The molecule has 1 aliphatic rings. The second-order valence-electron chi connectivity index (χ2n) is 4.31. The molecule has 0 aromatic carbocycles. The zero-order valence-electron chi connectivity index (χ0n) is 10.8. The van der Waals surface area contributed by atoms with Crippen molar-refractivity contribution in [1.29, 1.82) is 0 Å². The predicted octanol–water partition coefficient (Wildman–Crippen LogP) is 2.43. The predicted molar refractivity (Wildman–Crippen MR) is 90.5 cm³/mol. The van der Waals surface area contributed by atoms with Crippen molar-refractivity contribution >= 4 is 47.0 Å². The molecule has 1 saturated heterocycles. The summed E-state index contributed by atoms with van der Waals surface area (Å²) in [6, 6.07) is 0. The van der Waals surface area contributed by atoms with E-state index in [4.69, 9.17) is 0 Å². The van der Waals surface area contributed by atoms with Crippen LogP contribution in [0.25, 0.3) is 0 Å². The van der Waals surface area contributed by atoms with Crippen LogP contribution in [-0.2, 0) is 0 Å². The minimum absolute atomic E-state index is 0.143. The van der Waals surface area contributed by atoms with Crippen LogP contribution in [-0.4, -0.2) is 68.4 Å². The van der Waals surface area contributed by atoms with E-state index in [9.17, 15) is 10.2 Å². The fourth-order valence-corrected chi connectivity index (χ4v) is 5.78. The van der Waals surface area contributed by atoms with Gasteiger partial charge >= 0.3 is 0 Å². The van der Waals surface area contributed by atoms with Gasteiger partial charge in [-0.05, 0) is 35.9 Å². The van der Waals surface area contributed by atoms with Crippen LogP contribution < -0.4 is 0 Å². The fourth-order valence-electron chi connectivity index (χ4n) is 1.50. The van der Waals surface area contributed by atoms with Crippen LogP contribution >= 0.6 is 47.0 Å². The molecule has 1 aliphatic heterocycles. The number of hydrogen-bond donors (Lipinski definition) is 2. The Bertz CT molecular complexity index is 159. The fraction of sp³-hybridized carbons (Fsp3) is 1.00. The van der Waals surface area contributed by atoms with Crippen LogP contribution in [0.15, 0.2) is 0 Å². The van der Waals surface area contributed by atoms with E-state index in [0.29, 0.717) is 0 Å². The molecule has 0 aliphatic carbocycles. The van der Waals surface area contributed by atoms with E-state index in [-0.39, 0.29) is 12.2 Å². The van der Waals surface area contributed by atoms with Gasteiger partial charge in [-0.25, -0.2) is 0 Å². The van der Waals surface area contributed by atoms with Crippen molar-refractivity contribution in [2.75, 3.05) is 46.0 Å². The highest BCUT2D eigenvalue weighted by molar-refractivity contribution is 8.01. The molecule has 0 amide bonds. The third-order valence-electron chi connectivity index (χ3n) is 2.40. The molecule has 0 radical (unpaired) electrons. The lowest BCUT2D eigenvalue weighted by Gasteiger charge is -2.12. The molecule has 0 aromatic heterocycles. The topological polar surface area (TPSA) is 40.5 Å². The van der Waals surface area contributed by atoms with E-state index in [2.05, 4.69) is 0 Å². The molecule has 0 atom stereocenters. The summed E-state index contributed by atoms with van der Waals surface area (Å²) in [6.07, 6.45) is 2.06. The summed E-state index contributed by atoms with van der Waals surface area (Å²) >= 11 is 7.42. The average Bonchev–Trinajstić information content (AvgIpc) is 2.35. The summed E-state index contributed by atoms with van der Waals surface area (Å²) in [7, 11) is 0. The van der Waals surface area contributed by atoms with E-state index in [1.54, 1.807) is 0 Å². The van der Waals surface area contributed by atoms with Crippen LogP contribution in [0.2, 0.25) is 0 Å². The minimum Gasteiger partial charge on any atom is -0.391 e. The third kappa shape index (κ3) is 10.1. The van der Waals surface area contributed by atoms with Crippen molar-refractivity contribution < 1.29 is 10.2 Å². The Morgan fingerprint density at radius 1 is 0.556 bits per heavy atom. The van der Waals surface area contributed by atoms with Gasteiger partial charge in [0, 0.05) is 23.0 Å². The quantitative estimate of drug-likeness (QED) is 0.712. The standard InChI is InChI=1S/C12H24O2S4/c13-11-7-15-3-1-4-16-8-12(14)10-18-6-2-5-17-9-11/h11-14H,1-10H2. The molecule has 2 nitrogen and oxygen atoms in total. The smallest absolute Gasteiger partial charge is 0.0720 e. The Morgan fingerprint density at radius 2 is 0.833 bits per heavy atom. The Hall–Kier alpha value is 1.32. The minimum atomic E-state index is -0.143. The summed E-state index contributed by atoms with van der Waals surface area (Å²) < 4.78 is 0. The first-order chi connectivity index (χ1) is 8.79. The van der Waals surface area contributed by atoms with Gasteiger partial charge in [-0.15, -0.1) is 0 Å². The third-order valence-corrected chi connectivity index (χ3v) is 7.19. The van der Waals surface area contributed by atoms with Gasteiger partial charge < -0.3 is 10.2 Å². The van der Waals surface area contributed by atoms with Gasteiger partial charge in [-0.1, -0.05) is 0 Å². The molecule has 6 heteroatoms. The zero-order valence-corrected chi connectivity index (χ0v) is 14.0. The summed E-state index contributed by atoms with van der Waals surface area (Å²) in [5.74, 6) is 7.98. The van der Waals surface area contributed by atoms with Crippen molar-refractivity contribution in [1.82, 2.24) is 0 Å². The first-order valence-electron chi connectivity index (χ1n) is 6.46. The van der Waals surface area contributed by atoms with Crippen LogP contribution in [0.1, 0.15) is 12.8 Å². The average molecular weight is 329 g/mol. The van der Waals surface area contributed by atoms with E-state index in [1.165, 1.54) is 12.8 Å². The Labute approximate surface area is 128 Å². The van der Waals surface area contributed by atoms with E-state index < -0.39 is 0 Å². The van der Waals surface area contributed by atoms with Gasteiger partial charge in [0.15, 0.2) is 0 Å².